The van der Waals surface area contributed by atoms with Gasteiger partial charge in [0.05, 0.1) is 18.8 Å². The van der Waals surface area contributed by atoms with Crippen molar-refractivity contribution >= 4 is 24.4 Å². The van der Waals surface area contributed by atoms with Crippen LogP contribution in [0.1, 0.15) is 20.8 Å². The van der Waals surface area contributed by atoms with Crippen LogP contribution in [0.3, 0.4) is 0 Å². The van der Waals surface area contributed by atoms with E-state index in [2.05, 4.69) is 17.9 Å². The topological polar surface area (TPSA) is 58.6 Å². The van der Waals surface area contributed by atoms with Crippen LogP contribution in [0.25, 0.3) is 0 Å². The Morgan fingerprint density at radius 1 is 1.53 bits per heavy atom. The van der Waals surface area contributed by atoms with Crippen LogP contribution in [-0.2, 0) is 14.3 Å². The van der Waals surface area contributed by atoms with Crippen molar-refractivity contribution in [2.75, 3.05) is 25.5 Å². The molecule has 0 aromatic rings. The largest absolute Gasteiger partial charge is 0.377 e. The summed E-state index contributed by atoms with van der Waals surface area (Å²) in [6.07, 6.45) is 0. The van der Waals surface area contributed by atoms with Gasteiger partial charge in [-0.3, -0.25) is 9.59 Å². The molecule has 2 amide bonds. The smallest absolute Gasteiger partial charge is 0.246 e. The lowest BCUT2D eigenvalue weighted by Crippen LogP contribution is -2.60. The van der Waals surface area contributed by atoms with E-state index in [0.717, 1.165) is 0 Å². The SMILES string of the molecule is CC(=O)NC(CS)C(=O)N1CCOCC1(C)C. The molecule has 1 fully saturated rings. The number of carbonyl (C=O) groups is 2. The van der Waals surface area contributed by atoms with Crippen molar-refractivity contribution in [3.05, 3.63) is 0 Å². The summed E-state index contributed by atoms with van der Waals surface area (Å²) >= 11 is 4.11. The fourth-order valence-electron chi connectivity index (χ4n) is 1.89. The molecule has 0 saturated carbocycles. The van der Waals surface area contributed by atoms with Crippen LogP contribution in [0.5, 0.6) is 0 Å². The zero-order valence-corrected chi connectivity index (χ0v) is 11.4. The van der Waals surface area contributed by atoms with Gasteiger partial charge in [0.1, 0.15) is 6.04 Å². The Morgan fingerprint density at radius 2 is 2.18 bits per heavy atom. The molecule has 1 rings (SSSR count). The maximum absolute atomic E-state index is 12.3. The maximum Gasteiger partial charge on any atom is 0.246 e. The molecular formula is C11H20N2O3S. The minimum absolute atomic E-state index is 0.0940. The molecule has 1 heterocycles. The number of ether oxygens (including phenoxy) is 1. The third-order valence-electron chi connectivity index (χ3n) is 2.77. The molecule has 1 aliphatic rings. The summed E-state index contributed by atoms with van der Waals surface area (Å²) in [7, 11) is 0. The van der Waals surface area contributed by atoms with Gasteiger partial charge in [-0.05, 0) is 13.8 Å². The van der Waals surface area contributed by atoms with Crippen molar-refractivity contribution in [3.63, 3.8) is 0 Å². The van der Waals surface area contributed by atoms with Gasteiger partial charge in [-0.15, -0.1) is 0 Å². The van der Waals surface area contributed by atoms with Crippen LogP contribution in [0.4, 0.5) is 0 Å². The second kappa shape index (κ2) is 5.73. The zero-order chi connectivity index (χ0) is 13.1. The van der Waals surface area contributed by atoms with E-state index in [9.17, 15) is 9.59 Å². The lowest BCUT2D eigenvalue weighted by molar-refractivity contribution is -0.149. The molecule has 1 N–H and O–H groups in total. The zero-order valence-electron chi connectivity index (χ0n) is 10.5. The van der Waals surface area contributed by atoms with Crippen LogP contribution >= 0.6 is 12.6 Å². The number of amides is 2. The van der Waals surface area contributed by atoms with E-state index in [0.29, 0.717) is 25.5 Å². The van der Waals surface area contributed by atoms with Gasteiger partial charge < -0.3 is 15.0 Å². The molecule has 0 aliphatic carbocycles. The second-order valence-corrected chi connectivity index (χ2v) is 5.16. The monoisotopic (exact) mass is 260 g/mol. The molecule has 0 aromatic carbocycles. The summed E-state index contributed by atoms with van der Waals surface area (Å²) in [4.78, 5) is 25.1. The molecule has 6 heteroatoms. The normalized spacial score (nSPS) is 20.8. The summed E-state index contributed by atoms with van der Waals surface area (Å²) in [5.41, 5.74) is -0.338. The first kappa shape index (κ1) is 14.3. The Kier molecular flexibility index (Phi) is 4.82. The predicted molar refractivity (Wildman–Crippen MR) is 68.1 cm³/mol. The van der Waals surface area contributed by atoms with Gasteiger partial charge in [0.2, 0.25) is 11.8 Å². The highest BCUT2D eigenvalue weighted by molar-refractivity contribution is 7.80. The summed E-state index contributed by atoms with van der Waals surface area (Å²) in [5.74, 6) is -0.0155. The van der Waals surface area contributed by atoms with E-state index in [1.54, 1.807) is 4.90 Å². The van der Waals surface area contributed by atoms with Gasteiger partial charge in [-0.1, -0.05) is 0 Å². The highest BCUT2D eigenvalue weighted by Gasteiger charge is 2.37. The molecule has 1 unspecified atom stereocenters. The van der Waals surface area contributed by atoms with Gasteiger partial charge in [-0.25, -0.2) is 0 Å². The lowest BCUT2D eigenvalue weighted by atomic mass is 10.0. The van der Waals surface area contributed by atoms with Crippen LogP contribution in [0.15, 0.2) is 0 Å². The fraction of sp³-hybridized carbons (Fsp3) is 0.818. The fourth-order valence-corrected chi connectivity index (χ4v) is 2.13. The Morgan fingerprint density at radius 3 is 2.65 bits per heavy atom. The van der Waals surface area contributed by atoms with Gasteiger partial charge in [0, 0.05) is 19.2 Å². The third-order valence-corrected chi connectivity index (χ3v) is 3.13. The number of nitrogens with zero attached hydrogens (tertiary/aromatic N) is 1. The minimum Gasteiger partial charge on any atom is -0.377 e. The molecule has 98 valence electrons. The number of hydrogen-bond acceptors (Lipinski definition) is 4. The summed E-state index contributed by atoms with van der Waals surface area (Å²) < 4.78 is 5.36. The molecule has 0 spiro atoms. The number of nitrogens with one attached hydrogen (secondary N) is 1. The molecule has 0 radical (unpaired) electrons. The van der Waals surface area contributed by atoms with Crippen molar-refractivity contribution in [2.24, 2.45) is 0 Å². The predicted octanol–water partition coefficient (Wildman–Crippen LogP) is 0.0583. The first-order chi connectivity index (χ1) is 7.88. The summed E-state index contributed by atoms with van der Waals surface area (Å²) in [5, 5.41) is 2.62. The van der Waals surface area contributed by atoms with Crippen molar-refractivity contribution in [1.82, 2.24) is 10.2 Å². The average molecular weight is 260 g/mol. The highest BCUT2D eigenvalue weighted by Crippen LogP contribution is 2.20. The number of thiol groups is 1. The molecule has 17 heavy (non-hydrogen) atoms. The highest BCUT2D eigenvalue weighted by atomic mass is 32.1. The van der Waals surface area contributed by atoms with Crippen LogP contribution < -0.4 is 5.32 Å². The molecule has 1 aliphatic heterocycles. The Hall–Kier alpha value is -0.750. The Bertz CT molecular complexity index is 307. The molecule has 0 bridgehead atoms. The minimum atomic E-state index is -0.562. The molecule has 1 atom stereocenters. The van der Waals surface area contributed by atoms with E-state index in [-0.39, 0.29) is 17.4 Å². The van der Waals surface area contributed by atoms with Gasteiger partial charge in [0.15, 0.2) is 0 Å². The van der Waals surface area contributed by atoms with E-state index in [1.807, 2.05) is 13.8 Å². The van der Waals surface area contributed by atoms with Gasteiger partial charge in [-0.2, -0.15) is 12.6 Å². The van der Waals surface area contributed by atoms with Crippen molar-refractivity contribution in [2.45, 2.75) is 32.4 Å². The number of hydrogen-bond donors (Lipinski definition) is 2. The number of morpholine rings is 1. The van der Waals surface area contributed by atoms with Gasteiger partial charge >= 0.3 is 0 Å². The van der Waals surface area contributed by atoms with Gasteiger partial charge in [0.25, 0.3) is 0 Å². The number of carbonyl (C=O) groups excluding carboxylic acids is 2. The number of rotatable bonds is 3. The van der Waals surface area contributed by atoms with Crippen molar-refractivity contribution in [3.8, 4) is 0 Å². The van der Waals surface area contributed by atoms with Crippen LogP contribution in [-0.4, -0.2) is 53.8 Å². The lowest BCUT2D eigenvalue weighted by Gasteiger charge is -2.43. The summed E-state index contributed by atoms with van der Waals surface area (Å²) in [6.45, 7) is 6.90. The third kappa shape index (κ3) is 3.61. The Labute approximate surface area is 107 Å². The quantitative estimate of drug-likeness (QED) is 0.705. The van der Waals surface area contributed by atoms with Crippen molar-refractivity contribution < 1.29 is 14.3 Å². The Balaban J connectivity index is 2.75. The summed E-state index contributed by atoms with van der Waals surface area (Å²) in [6, 6.07) is -0.562. The second-order valence-electron chi connectivity index (χ2n) is 4.79. The molecule has 1 saturated heterocycles. The first-order valence-electron chi connectivity index (χ1n) is 5.65. The maximum atomic E-state index is 12.3. The molecular weight excluding hydrogens is 240 g/mol. The van der Waals surface area contributed by atoms with E-state index in [4.69, 9.17) is 4.74 Å². The van der Waals surface area contributed by atoms with E-state index in [1.165, 1.54) is 6.92 Å². The first-order valence-corrected chi connectivity index (χ1v) is 6.29. The van der Waals surface area contributed by atoms with E-state index >= 15 is 0 Å². The average Bonchev–Trinajstić information content (AvgIpc) is 2.24. The standard InChI is InChI=1S/C11H20N2O3S/c1-8(14)12-9(6-17)10(15)13-4-5-16-7-11(13,2)3/h9,17H,4-7H2,1-3H3,(H,12,14). The van der Waals surface area contributed by atoms with E-state index < -0.39 is 6.04 Å². The van der Waals surface area contributed by atoms with Crippen LogP contribution in [0.2, 0.25) is 0 Å². The van der Waals surface area contributed by atoms with Crippen molar-refractivity contribution in [1.29, 1.82) is 0 Å². The molecule has 5 nitrogen and oxygen atoms in total. The van der Waals surface area contributed by atoms with Crippen LogP contribution in [0, 0.1) is 0 Å². The molecule has 0 aromatic heterocycles.